The number of aromatic nitrogens is 2. The number of hydrogen-bond acceptors (Lipinski definition) is 6. The molecule has 0 spiro atoms. The van der Waals surface area contributed by atoms with Crippen molar-refractivity contribution < 1.29 is 20.0 Å². The SMILES string of the molecule is CC1=C(C(=O)Nc2ccc3[nH]ncc3c2)C(c2cccc(N(O)O)c2)NC(=O)N1. The van der Waals surface area contributed by atoms with Crippen LogP contribution in [-0.4, -0.2) is 32.6 Å². The quantitative estimate of drug-likeness (QED) is 0.375. The van der Waals surface area contributed by atoms with E-state index in [1.54, 1.807) is 43.5 Å². The van der Waals surface area contributed by atoms with Gasteiger partial charge in [-0.05, 0) is 42.8 Å². The van der Waals surface area contributed by atoms with Crippen LogP contribution in [0, 0.1) is 0 Å². The van der Waals surface area contributed by atoms with Gasteiger partial charge >= 0.3 is 6.03 Å². The number of allylic oxidation sites excluding steroid dienone is 1. The fourth-order valence-corrected chi connectivity index (χ4v) is 3.29. The van der Waals surface area contributed by atoms with E-state index in [1.807, 2.05) is 0 Å². The number of anilines is 2. The lowest BCUT2D eigenvalue weighted by molar-refractivity contribution is -0.113. The molecule has 29 heavy (non-hydrogen) atoms. The Labute approximate surface area is 164 Å². The molecular formula is C19H18N6O4. The maximum Gasteiger partial charge on any atom is 0.319 e. The molecule has 1 aliphatic heterocycles. The number of amides is 3. The Morgan fingerprint density at radius 2 is 2.03 bits per heavy atom. The van der Waals surface area contributed by atoms with Crippen LogP contribution in [0.15, 0.2) is 59.9 Å². The molecule has 1 aromatic heterocycles. The second-order valence-corrected chi connectivity index (χ2v) is 6.58. The second kappa shape index (κ2) is 7.26. The first-order valence-corrected chi connectivity index (χ1v) is 8.73. The van der Waals surface area contributed by atoms with Crippen molar-refractivity contribution in [2.24, 2.45) is 0 Å². The molecule has 0 radical (unpaired) electrons. The predicted octanol–water partition coefficient (Wildman–Crippen LogP) is 2.41. The molecule has 3 aromatic rings. The van der Waals surface area contributed by atoms with Crippen molar-refractivity contribution in [1.29, 1.82) is 0 Å². The summed E-state index contributed by atoms with van der Waals surface area (Å²) in [7, 11) is 0. The molecular weight excluding hydrogens is 376 g/mol. The monoisotopic (exact) mass is 394 g/mol. The van der Waals surface area contributed by atoms with Crippen molar-refractivity contribution in [2.75, 3.05) is 10.5 Å². The van der Waals surface area contributed by atoms with Crippen molar-refractivity contribution in [2.45, 2.75) is 13.0 Å². The number of hydrogen-bond donors (Lipinski definition) is 6. The minimum atomic E-state index is -0.777. The minimum Gasteiger partial charge on any atom is -0.327 e. The normalized spacial score (nSPS) is 16.4. The van der Waals surface area contributed by atoms with E-state index < -0.39 is 18.0 Å². The molecule has 4 rings (SSSR count). The largest absolute Gasteiger partial charge is 0.327 e. The van der Waals surface area contributed by atoms with Crippen LogP contribution in [0.25, 0.3) is 10.9 Å². The van der Waals surface area contributed by atoms with Crippen LogP contribution in [0.1, 0.15) is 18.5 Å². The molecule has 0 bridgehead atoms. The van der Waals surface area contributed by atoms with Crippen LogP contribution in [0.2, 0.25) is 0 Å². The standard InChI is InChI=1S/C19H18N6O4/c1-10-16(18(26)22-13-5-6-15-12(7-13)9-20-24-15)17(23-19(27)21-10)11-3-2-4-14(8-11)25(28)29/h2-9,17,28-29H,1H3,(H,20,24)(H,22,26)(H2,21,23,27). The minimum absolute atomic E-state index is 0.0250. The fourth-order valence-electron chi connectivity index (χ4n) is 3.29. The zero-order chi connectivity index (χ0) is 20.5. The van der Waals surface area contributed by atoms with Crippen molar-refractivity contribution in [1.82, 2.24) is 20.8 Å². The topological polar surface area (TPSA) is 143 Å². The number of nitrogens with zero attached hydrogens (tertiary/aromatic N) is 2. The van der Waals surface area contributed by atoms with Gasteiger partial charge in [-0.15, -0.1) is 5.23 Å². The Morgan fingerprint density at radius 3 is 2.83 bits per heavy atom. The molecule has 0 fully saturated rings. The van der Waals surface area contributed by atoms with Crippen molar-refractivity contribution in [3.63, 3.8) is 0 Å². The van der Waals surface area contributed by atoms with Crippen molar-refractivity contribution >= 4 is 34.2 Å². The molecule has 10 heteroatoms. The van der Waals surface area contributed by atoms with E-state index in [2.05, 4.69) is 26.1 Å². The third kappa shape index (κ3) is 3.61. The third-order valence-corrected chi connectivity index (χ3v) is 4.65. The van der Waals surface area contributed by atoms with Gasteiger partial charge in [0.1, 0.15) is 0 Å². The summed E-state index contributed by atoms with van der Waals surface area (Å²) >= 11 is 0. The molecule has 2 aromatic carbocycles. The molecule has 0 saturated heterocycles. The number of rotatable bonds is 4. The lowest BCUT2D eigenvalue weighted by Crippen LogP contribution is -2.46. The van der Waals surface area contributed by atoms with E-state index in [0.29, 0.717) is 22.5 Å². The number of urea groups is 1. The van der Waals surface area contributed by atoms with E-state index in [9.17, 15) is 20.0 Å². The van der Waals surface area contributed by atoms with Gasteiger partial charge in [0.2, 0.25) is 0 Å². The average Bonchev–Trinajstić information content (AvgIpc) is 3.15. The Balaban J connectivity index is 1.68. The van der Waals surface area contributed by atoms with E-state index in [-0.39, 0.29) is 10.9 Å². The van der Waals surface area contributed by atoms with Crippen molar-refractivity contribution in [3.05, 3.63) is 65.5 Å². The Hall–Kier alpha value is -3.89. The Morgan fingerprint density at radius 1 is 1.21 bits per heavy atom. The van der Waals surface area contributed by atoms with Gasteiger partial charge in [-0.25, -0.2) is 4.79 Å². The molecule has 6 N–H and O–H groups in total. The first kappa shape index (κ1) is 18.5. The highest BCUT2D eigenvalue weighted by Crippen LogP contribution is 2.30. The van der Waals surface area contributed by atoms with Gasteiger partial charge in [0, 0.05) is 16.8 Å². The molecule has 1 unspecified atom stereocenters. The molecule has 10 nitrogen and oxygen atoms in total. The van der Waals surface area contributed by atoms with E-state index in [1.165, 1.54) is 12.1 Å². The van der Waals surface area contributed by atoms with Crippen LogP contribution in [-0.2, 0) is 4.79 Å². The summed E-state index contributed by atoms with van der Waals surface area (Å²) in [6.07, 6.45) is 1.65. The molecule has 1 aliphatic rings. The first-order valence-electron chi connectivity index (χ1n) is 8.73. The van der Waals surface area contributed by atoms with Crippen LogP contribution >= 0.6 is 0 Å². The lowest BCUT2D eigenvalue weighted by atomic mass is 9.94. The highest BCUT2D eigenvalue weighted by Gasteiger charge is 2.31. The highest BCUT2D eigenvalue weighted by molar-refractivity contribution is 6.07. The van der Waals surface area contributed by atoms with E-state index in [4.69, 9.17) is 0 Å². The van der Waals surface area contributed by atoms with Gasteiger partial charge < -0.3 is 16.0 Å². The number of fused-ring (bicyclic) bond motifs is 1. The number of benzene rings is 2. The smallest absolute Gasteiger partial charge is 0.319 e. The number of H-pyrrole nitrogens is 1. The summed E-state index contributed by atoms with van der Waals surface area (Å²) in [5.41, 5.74) is 2.73. The van der Waals surface area contributed by atoms with Gasteiger partial charge in [0.25, 0.3) is 5.91 Å². The third-order valence-electron chi connectivity index (χ3n) is 4.65. The van der Waals surface area contributed by atoms with Gasteiger partial charge in [0.15, 0.2) is 0 Å². The summed E-state index contributed by atoms with van der Waals surface area (Å²) in [5.74, 6) is -0.405. The molecule has 1 atom stereocenters. The van der Waals surface area contributed by atoms with E-state index in [0.717, 1.165) is 10.9 Å². The summed E-state index contributed by atoms with van der Waals surface area (Å²) in [6, 6.07) is 10.3. The van der Waals surface area contributed by atoms with Gasteiger partial charge in [-0.2, -0.15) is 5.10 Å². The maximum atomic E-state index is 13.1. The average molecular weight is 394 g/mol. The number of nitrogens with one attached hydrogen (secondary N) is 4. The fraction of sp³-hybridized carbons (Fsp3) is 0.105. The summed E-state index contributed by atoms with van der Waals surface area (Å²) in [6.45, 7) is 1.63. The van der Waals surface area contributed by atoms with Crippen molar-refractivity contribution in [3.8, 4) is 0 Å². The molecule has 148 valence electrons. The zero-order valence-electron chi connectivity index (χ0n) is 15.3. The summed E-state index contributed by atoms with van der Waals surface area (Å²) < 4.78 is 0. The predicted molar refractivity (Wildman–Crippen MR) is 104 cm³/mol. The maximum absolute atomic E-state index is 13.1. The molecule has 0 aliphatic carbocycles. The van der Waals surface area contributed by atoms with Crippen LogP contribution < -0.4 is 21.2 Å². The highest BCUT2D eigenvalue weighted by atomic mass is 16.8. The molecule has 3 amide bonds. The summed E-state index contributed by atoms with van der Waals surface area (Å²) in [4.78, 5) is 25.1. The van der Waals surface area contributed by atoms with E-state index >= 15 is 0 Å². The zero-order valence-corrected chi connectivity index (χ0v) is 15.3. The van der Waals surface area contributed by atoms with Gasteiger partial charge in [-0.3, -0.25) is 20.3 Å². The number of aromatic amines is 1. The first-order chi connectivity index (χ1) is 13.9. The van der Waals surface area contributed by atoms with Crippen LogP contribution in [0.3, 0.4) is 0 Å². The Bertz CT molecular complexity index is 1140. The molecule has 2 heterocycles. The summed E-state index contributed by atoms with van der Waals surface area (Å²) in [5, 5.41) is 34.3. The number of carbonyl (C=O) groups is 2. The Kier molecular flexibility index (Phi) is 4.63. The number of carbonyl (C=O) groups excluding carboxylic acids is 2. The van der Waals surface area contributed by atoms with Gasteiger partial charge in [-0.1, -0.05) is 12.1 Å². The lowest BCUT2D eigenvalue weighted by Gasteiger charge is -2.29. The van der Waals surface area contributed by atoms with Gasteiger partial charge in [0.05, 0.1) is 29.0 Å². The van der Waals surface area contributed by atoms with Crippen LogP contribution in [0.4, 0.5) is 16.2 Å². The molecule has 0 saturated carbocycles. The second-order valence-electron chi connectivity index (χ2n) is 6.58. The van der Waals surface area contributed by atoms with Crippen LogP contribution in [0.5, 0.6) is 0 Å².